The van der Waals surface area contributed by atoms with Gasteiger partial charge in [0.05, 0.1) is 18.1 Å². The molecule has 29 heavy (non-hydrogen) atoms. The van der Waals surface area contributed by atoms with Crippen molar-refractivity contribution in [3.63, 3.8) is 0 Å². The lowest BCUT2D eigenvalue weighted by molar-refractivity contribution is 0.262. The third-order valence-electron chi connectivity index (χ3n) is 4.66. The first-order chi connectivity index (χ1) is 14.2. The van der Waals surface area contributed by atoms with Crippen LogP contribution in [0.5, 0.6) is 0 Å². The highest BCUT2D eigenvalue weighted by Crippen LogP contribution is 2.18. The number of amides is 2. The van der Waals surface area contributed by atoms with Gasteiger partial charge in [-0.2, -0.15) is 0 Å². The minimum Gasteiger partial charge on any atom is -0.368 e. The van der Waals surface area contributed by atoms with Crippen molar-refractivity contribution in [3.8, 4) is 0 Å². The molecule has 0 spiro atoms. The third-order valence-corrected chi connectivity index (χ3v) is 4.66. The molecule has 3 aromatic rings. The Morgan fingerprint density at radius 1 is 0.828 bits per heavy atom. The van der Waals surface area contributed by atoms with Gasteiger partial charge in [-0.3, -0.25) is 0 Å². The van der Waals surface area contributed by atoms with Gasteiger partial charge in [-0.05, 0) is 30.3 Å². The van der Waals surface area contributed by atoms with E-state index in [1.807, 2.05) is 18.2 Å². The molecule has 8 heteroatoms. The van der Waals surface area contributed by atoms with E-state index < -0.39 is 11.8 Å². The fraction of sp³-hybridized carbons (Fsp3) is 0.190. The summed E-state index contributed by atoms with van der Waals surface area (Å²) in [5.41, 5.74) is 2.05. The number of nitrogens with one attached hydrogen (secondary N) is 2. The van der Waals surface area contributed by atoms with Gasteiger partial charge in [0.15, 0.2) is 0 Å². The summed E-state index contributed by atoms with van der Waals surface area (Å²) in [7, 11) is 0. The van der Waals surface area contributed by atoms with E-state index in [4.69, 9.17) is 0 Å². The second-order valence-electron chi connectivity index (χ2n) is 6.67. The monoisotopic (exact) mass is 392 g/mol. The highest BCUT2D eigenvalue weighted by atomic mass is 19.1. The summed E-state index contributed by atoms with van der Waals surface area (Å²) in [6.07, 6.45) is 3.13. The van der Waals surface area contributed by atoms with Gasteiger partial charge in [0.1, 0.15) is 5.82 Å². The number of nitrogens with zero attached hydrogens (tertiary/aromatic N) is 4. The van der Waals surface area contributed by atoms with Crippen LogP contribution in [0.15, 0.2) is 67.0 Å². The summed E-state index contributed by atoms with van der Waals surface area (Å²) in [4.78, 5) is 25.2. The Kier molecular flexibility index (Phi) is 5.51. The number of benzene rings is 2. The average Bonchev–Trinajstić information content (AvgIpc) is 2.75. The molecular formula is C21H21FN6O. The molecule has 1 saturated heterocycles. The molecule has 0 aliphatic carbocycles. The maximum Gasteiger partial charge on any atom is 0.323 e. The Labute approximate surface area is 168 Å². The van der Waals surface area contributed by atoms with Crippen molar-refractivity contribution in [2.24, 2.45) is 0 Å². The molecule has 0 saturated carbocycles. The molecule has 1 aromatic heterocycles. The quantitative estimate of drug-likeness (QED) is 0.710. The van der Waals surface area contributed by atoms with Crippen molar-refractivity contribution in [2.45, 2.75) is 0 Å². The average molecular weight is 392 g/mol. The number of para-hydroxylation sites is 1. The molecule has 7 nitrogen and oxygen atoms in total. The van der Waals surface area contributed by atoms with Crippen LogP contribution in [0.2, 0.25) is 0 Å². The van der Waals surface area contributed by atoms with Crippen LogP contribution in [0.3, 0.4) is 0 Å². The molecule has 1 aliphatic rings. The largest absolute Gasteiger partial charge is 0.368 e. The molecule has 0 atom stereocenters. The van der Waals surface area contributed by atoms with Crippen LogP contribution in [-0.2, 0) is 0 Å². The second kappa shape index (κ2) is 8.55. The Bertz CT molecular complexity index is 958. The van der Waals surface area contributed by atoms with Crippen molar-refractivity contribution in [2.75, 3.05) is 46.6 Å². The molecule has 148 valence electrons. The van der Waals surface area contributed by atoms with Gasteiger partial charge >= 0.3 is 6.03 Å². The van der Waals surface area contributed by atoms with E-state index in [0.29, 0.717) is 17.3 Å². The molecule has 2 amide bonds. The van der Waals surface area contributed by atoms with E-state index in [1.54, 1.807) is 18.5 Å². The number of hydrogen-bond acceptors (Lipinski definition) is 5. The summed E-state index contributed by atoms with van der Waals surface area (Å²) < 4.78 is 13.2. The molecule has 1 fully saturated rings. The SMILES string of the molecule is O=C(Nc1cnc(N2CCN(c3ccccc3)CC2)nc1)Nc1cccc(F)c1. The summed E-state index contributed by atoms with van der Waals surface area (Å²) in [5, 5.41) is 5.21. The lowest BCUT2D eigenvalue weighted by Gasteiger charge is -2.36. The molecule has 0 radical (unpaired) electrons. The number of carbonyl (C=O) groups is 1. The predicted octanol–water partition coefficient (Wildman–Crippen LogP) is 3.59. The molecule has 2 heterocycles. The van der Waals surface area contributed by atoms with Crippen LogP contribution in [0.1, 0.15) is 0 Å². The van der Waals surface area contributed by atoms with Crippen molar-refractivity contribution in [1.82, 2.24) is 9.97 Å². The number of anilines is 4. The first-order valence-electron chi connectivity index (χ1n) is 9.38. The van der Waals surface area contributed by atoms with Crippen LogP contribution in [-0.4, -0.2) is 42.2 Å². The highest BCUT2D eigenvalue weighted by molar-refractivity contribution is 5.99. The highest BCUT2D eigenvalue weighted by Gasteiger charge is 2.19. The molecule has 0 unspecified atom stereocenters. The van der Waals surface area contributed by atoms with Gasteiger partial charge in [-0.1, -0.05) is 24.3 Å². The molecular weight excluding hydrogens is 371 g/mol. The summed E-state index contributed by atoms with van der Waals surface area (Å²) in [6, 6.07) is 15.5. The number of aromatic nitrogens is 2. The fourth-order valence-corrected chi connectivity index (χ4v) is 3.21. The lowest BCUT2D eigenvalue weighted by atomic mass is 10.2. The van der Waals surface area contributed by atoms with Crippen LogP contribution in [0.25, 0.3) is 0 Å². The van der Waals surface area contributed by atoms with Crippen LogP contribution >= 0.6 is 0 Å². The number of hydrogen-bond donors (Lipinski definition) is 2. The van der Waals surface area contributed by atoms with Gasteiger partial charge in [0.2, 0.25) is 5.95 Å². The predicted molar refractivity (Wildman–Crippen MR) is 112 cm³/mol. The molecule has 0 bridgehead atoms. The van der Waals surface area contributed by atoms with E-state index in [2.05, 4.69) is 42.5 Å². The second-order valence-corrected chi connectivity index (χ2v) is 6.67. The van der Waals surface area contributed by atoms with Crippen LogP contribution < -0.4 is 20.4 Å². The van der Waals surface area contributed by atoms with Crippen molar-refractivity contribution in [1.29, 1.82) is 0 Å². The normalized spacial score (nSPS) is 13.8. The van der Waals surface area contributed by atoms with Gasteiger partial charge < -0.3 is 20.4 Å². The number of rotatable bonds is 4. The Balaban J connectivity index is 1.31. The smallest absolute Gasteiger partial charge is 0.323 e. The van der Waals surface area contributed by atoms with Gasteiger partial charge in [-0.25, -0.2) is 19.2 Å². The number of piperazine rings is 1. The zero-order valence-corrected chi connectivity index (χ0v) is 15.8. The first-order valence-corrected chi connectivity index (χ1v) is 9.38. The molecule has 2 N–H and O–H groups in total. The fourth-order valence-electron chi connectivity index (χ4n) is 3.21. The summed E-state index contributed by atoms with van der Waals surface area (Å²) in [6.45, 7) is 3.43. The number of halogens is 1. The van der Waals surface area contributed by atoms with E-state index in [0.717, 1.165) is 26.2 Å². The molecule has 1 aliphatic heterocycles. The molecule has 2 aromatic carbocycles. The maximum atomic E-state index is 13.2. The standard InChI is InChI=1S/C21H21FN6O/c22-16-5-4-6-17(13-16)25-21(29)26-18-14-23-20(24-15-18)28-11-9-27(10-12-28)19-7-2-1-3-8-19/h1-8,13-15H,9-12H2,(H2,25,26,29). The zero-order chi connectivity index (χ0) is 20.1. The topological polar surface area (TPSA) is 73.4 Å². The number of urea groups is 1. The number of carbonyl (C=O) groups excluding carboxylic acids is 1. The van der Waals surface area contributed by atoms with Gasteiger partial charge in [0.25, 0.3) is 0 Å². The lowest BCUT2D eigenvalue weighted by Crippen LogP contribution is -2.47. The van der Waals surface area contributed by atoms with Crippen molar-refractivity contribution >= 4 is 29.0 Å². The first kappa shape index (κ1) is 18.7. The zero-order valence-electron chi connectivity index (χ0n) is 15.8. The maximum absolute atomic E-state index is 13.2. The minimum absolute atomic E-state index is 0.372. The van der Waals surface area contributed by atoms with Crippen LogP contribution in [0.4, 0.5) is 32.2 Å². The van der Waals surface area contributed by atoms with Crippen molar-refractivity contribution < 1.29 is 9.18 Å². The van der Waals surface area contributed by atoms with Gasteiger partial charge in [0, 0.05) is 37.6 Å². The van der Waals surface area contributed by atoms with E-state index in [1.165, 1.54) is 23.9 Å². The van der Waals surface area contributed by atoms with Gasteiger partial charge in [-0.15, -0.1) is 0 Å². The van der Waals surface area contributed by atoms with E-state index >= 15 is 0 Å². The summed E-state index contributed by atoms with van der Waals surface area (Å²) in [5.74, 6) is 0.219. The van der Waals surface area contributed by atoms with E-state index in [-0.39, 0.29) is 0 Å². The Morgan fingerprint density at radius 3 is 2.17 bits per heavy atom. The third kappa shape index (κ3) is 4.78. The minimum atomic E-state index is -0.483. The summed E-state index contributed by atoms with van der Waals surface area (Å²) >= 11 is 0. The Hall–Kier alpha value is -3.68. The Morgan fingerprint density at radius 2 is 1.48 bits per heavy atom. The van der Waals surface area contributed by atoms with Crippen molar-refractivity contribution in [3.05, 3.63) is 72.8 Å². The van der Waals surface area contributed by atoms with E-state index in [9.17, 15) is 9.18 Å². The molecule has 4 rings (SSSR count). The van der Waals surface area contributed by atoms with Crippen LogP contribution in [0, 0.1) is 5.82 Å².